The summed E-state index contributed by atoms with van der Waals surface area (Å²) in [5.74, 6) is -0.552. The Morgan fingerprint density at radius 3 is 2.20 bits per heavy atom. The lowest BCUT2D eigenvalue weighted by Crippen LogP contribution is -2.32. The number of carbonyl (C=O) groups excluding carboxylic acids is 2. The van der Waals surface area contributed by atoms with Crippen LogP contribution in [0.25, 0.3) is 20.7 Å². The van der Waals surface area contributed by atoms with Crippen LogP contribution in [0.3, 0.4) is 0 Å². The van der Waals surface area contributed by atoms with E-state index < -0.39 is 0 Å². The molecule has 0 atom stereocenters. The van der Waals surface area contributed by atoms with Crippen LogP contribution in [-0.2, 0) is 6.54 Å². The number of aryl methyl sites for hydroxylation is 1. The number of thiophene rings is 1. The summed E-state index contributed by atoms with van der Waals surface area (Å²) in [6.45, 7) is 0.640. The van der Waals surface area contributed by atoms with Crippen molar-refractivity contribution in [1.82, 2.24) is 14.5 Å². The molecule has 6 nitrogen and oxygen atoms in total. The molecule has 2 amide bonds. The fourth-order valence-corrected chi connectivity index (χ4v) is 4.70. The molecular formula is C23H17N3O3S. The van der Waals surface area contributed by atoms with Gasteiger partial charge in [-0.25, -0.2) is 4.98 Å². The number of nitrogens with zero attached hydrogens (tertiary/aromatic N) is 3. The van der Waals surface area contributed by atoms with Gasteiger partial charge in [0.05, 0.1) is 22.8 Å². The normalized spacial score (nSPS) is 13.3. The van der Waals surface area contributed by atoms with Gasteiger partial charge in [0.2, 0.25) is 0 Å². The Balaban J connectivity index is 1.33. The van der Waals surface area contributed by atoms with Gasteiger partial charge in [0.25, 0.3) is 17.4 Å². The number of hydrogen-bond donors (Lipinski definition) is 0. The maximum atomic E-state index is 12.9. The van der Waals surface area contributed by atoms with E-state index in [4.69, 9.17) is 0 Å². The second-order valence-corrected chi connectivity index (χ2v) is 8.13. The molecule has 5 rings (SSSR count). The van der Waals surface area contributed by atoms with E-state index in [1.807, 2.05) is 36.4 Å². The van der Waals surface area contributed by atoms with Gasteiger partial charge < -0.3 is 0 Å². The van der Waals surface area contributed by atoms with E-state index in [9.17, 15) is 14.4 Å². The number of aromatic nitrogens is 2. The monoisotopic (exact) mass is 415 g/mol. The molecule has 0 radical (unpaired) electrons. The summed E-state index contributed by atoms with van der Waals surface area (Å²) in [6, 6.07) is 18.6. The van der Waals surface area contributed by atoms with Crippen molar-refractivity contribution in [2.24, 2.45) is 0 Å². The molecule has 148 valence electrons. The Morgan fingerprint density at radius 1 is 0.833 bits per heavy atom. The van der Waals surface area contributed by atoms with Gasteiger partial charge in [-0.05, 0) is 30.2 Å². The van der Waals surface area contributed by atoms with Crippen molar-refractivity contribution in [1.29, 1.82) is 0 Å². The molecule has 0 aliphatic carbocycles. The predicted molar refractivity (Wildman–Crippen MR) is 116 cm³/mol. The van der Waals surface area contributed by atoms with Gasteiger partial charge in [-0.2, -0.15) is 0 Å². The van der Waals surface area contributed by atoms with Gasteiger partial charge in [-0.1, -0.05) is 42.5 Å². The van der Waals surface area contributed by atoms with Crippen LogP contribution in [0.5, 0.6) is 0 Å². The van der Waals surface area contributed by atoms with Crippen LogP contribution >= 0.6 is 11.3 Å². The van der Waals surface area contributed by atoms with Crippen molar-refractivity contribution in [2.75, 3.05) is 6.54 Å². The van der Waals surface area contributed by atoms with Crippen molar-refractivity contribution in [3.8, 4) is 10.4 Å². The first-order chi connectivity index (χ1) is 14.6. The molecule has 0 fully saturated rings. The Hall–Kier alpha value is -3.58. The Labute approximate surface area is 176 Å². The van der Waals surface area contributed by atoms with Gasteiger partial charge in [0.15, 0.2) is 0 Å². The third kappa shape index (κ3) is 3.04. The van der Waals surface area contributed by atoms with E-state index in [-0.39, 0.29) is 23.9 Å². The van der Waals surface area contributed by atoms with Gasteiger partial charge in [-0.15, -0.1) is 11.3 Å². The third-order valence-electron chi connectivity index (χ3n) is 5.24. The SMILES string of the molecule is O=C1c2ccccc2C(=O)N1CCCn1cnc2sc(-c3ccccc3)cc2c1=O. The number of rotatable bonds is 5. The van der Waals surface area contributed by atoms with E-state index in [1.54, 1.807) is 28.8 Å². The molecule has 0 saturated carbocycles. The predicted octanol–water partition coefficient (Wildman–Crippen LogP) is 3.81. The second-order valence-electron chi connectivity index (χ2n) is 7.10. The first kappa shape index (κ1) is 18.4. The second kappa shape index (κ2) is 7.35. The molecular weight excluding hydrogens is 398 g/mol. The molecule has 2 aromatic carbocycles. The average Bonchev–Trinajstić information content (AvgIpc) is 3.32. The molecule has 0 N–H and O–H groups in total. The topological polar surface area (TPSA) is 72.3 Å². The lowest BCUT2D eigenvalue weighted by atomic mass is 10.1. The molecule has 4 aromatic rings. The minimum absolute atomic E-state index is 0.110. The highest BCUT2D eigenvalue weighted by atomic mass is 32.1. The zero-order valence-electron chi connectivity index (χ0n) is 15.9. The van der Waals surface area contributed by atoms with Crippen LogP contribution in [0.2, 0.25) is 0 Å². The van der Waals surface area contributed by atoms with Gasteiger partial charge in [0.1, 0.15) is 4.83 Å². The summed E-state index contributed by atoms with van der Waals surface area (Å²) >= 11 is 1.49. The maximum absolute atomic E-state index is 12.9. The summed E-state index contributed by atoms with van der Waals surface area (Å²) in [6.07, 6.45) is 2.02. The lowest BCUT2D eigenvalue weighted by molar-refractivity contribution is 0.0650. The summed E-state index contributed by atoms with van der Waals surface area (Å²) < 4.78 is 1.54. The zero-order valence-corrected chi connectivity index (χ0v) is 16.8. The highest BCUT2D eigenvalue weighted by Crippen LogP contribution is 2.30. The molecule has 2 aromatic heterocycles. The number of amides is 2. The molecule has 3 heterocycles. The zero-order chi connectivity index (χ0) is 20.7. The van der Waals surface area contributed by atoms with E-state index in [1.165, 1.54) is 22.6 Å². The smallest absolute Gasteiger partial charge is 0.262 e. The van der Waals surface area contributed by atoms with Gasteiger partial charge in [0, 0.05) is 18.0 Å². The number of hydrogen-bond acceptors (Lipinski definition) is 5. The van der Waals surface area contributed by atoms with Crippen molar-refractivity contribution in [3.05, 3.63) is 88.5 Å². The third-order valence-corrected chi connectivity index (χ3v) is 6.33. The molecule has 0 saturated heterocycles. The summed E-state index contributed by atoms with van der Waals surface area (Å²) in [5.41, 5.74) is 1.82. The van der Waals surface area contributed by atoms with Crippen LogP contribution < -0.4 is 5.56 Å². The van der Waals surface area contributed by atoms with Gasteiger partial charge in [-0.3, -0.25) is 23.9 Å². The van der Waals surface area contributed by atoms with Crippen LogP contribution in [0.15, 0.2) is 71.8 Å². The summed E-state index contributed by atoms with van der Waals surface area (Å²) in [4.78, 5) is 45.2. The minimum atomic E-state index is -0.276. The molecule has 0 bridgehead atoms. The average molecular weight is 415 g/mol. The molecule has 0 unspecified atom stereocenters. The molecule has 1 aliphatic rings. The summed E-state index contributed by atoms with van der Waals surface area (Å²) in [7, 11) is 0. The van der Waals surface area contributed by atoms with Crippen LogP contribution in [0.1, 0.15) is 27.1 Å². The Kier molecular flexibility index (Phi) is 4.52. The quantitative estimate of drug-likeness (QED) is 0.465. The maximum Gasteiger partial charge on any atom is 0.262 e. The standard InChI is InChI=1S/C23H17N3O3S/c27-21-18-13-19(15-7-2-1-3-8-15)30-20(18)24-14-25(21)11-6-12-26-22(28)16-9-4-5-10-17(16)23(26)29/h1-5,7-10,13-14H,6,11-12H2. The number of benzene rings is 2. The van der Waals surface area contributed by atoms with E-state index in [2.05, 4.69) is 4.98 Å². The fourth-order valence-electron chi connectivity index (χ4n) is 3.71. The van der Waals surface area contributed by atoms with Crippen molar-refractivity contribution >= 4 is 33.4 Å². The van der Waals surface area contributed by atoms with E-state index in [0.717, 1.165) is 10.4 Å². The van der Waals surface area contributed by atoms with Crippen LogP contribution in [-0.4, -0.2) is 32.8 Å². The van der Waals surface area contributed by atoms with Crippen LogP contribution in [0.4, 0.5) is 0 Å². The fraction of sp³-hybridized carbons (Fsp3) is 0.130. The van der Waals surface area contributed by atoms with Crippen LogP contribution in [0, 0.1) is 0 Å². The van der Waals surface area contributed by atoms with E-state index in [0.29, 0.717) is 34.3 Å². The Bertz CT molecular complexity index is 1310. The van der Waals surface area contributed by atoms with E-state index >= 15 is 0 Å². The first-order valence-corrected chi connectivity index (χ1v) is 10.4. The lowest BCUT2D eigenvalue weighted by Gasteiger charge is -2.14. The van der Waals surface area contributed by atoms with Crippen molar-refractivity contribution in [3.63, 3.8) is 0 Å². The molecule has 30 heavy (non-hydrogen) atoms. The van der Waals surface area contributed by atoms with Crippen molar-refractivity contribution < 1.29 is 9.59 Å². The highest BCUT2D eigenvalue weighted by molar-refractivity contribution is 7.21. The summed E-state index contributed by atoms with van der Waals surface area (Å²) in [5, 5.41) is 0.585. The number of carbonyl (C=O) groups is 2. The number of imide groups is 1. The number of fused-ring (bicyclic) bond motifs is 2. The first-order valence-electron chi connectivity index (χ1n) is 9.63. The Morgan fingerprint density at radius 2 is 1.50 bits per heavy atom. The highest BCUT2D eigenvalue weighted by Gasteiger charge is 2.34. The minimum Gasteiger partial charge on any atom is -0.299 e. The van der Waals surface area contributed by atoms with Crippen molar-refractivity contribution in [2.45, 2.75) is 13.0 Å². The molecule has 0 spiro atoms. The largest absolute Gasteiger partial charge is 0.299 e. The molecule has 7 heteroatoms. The molecule has 1 aliphatic heterocycles. The van der Waals surface area contributed by atoms with Gasteiger partial charge >= 0.3 is 0 Å².